The lowest BCUT2D eigenvalue weighted by Gasteiger charge is -2.06. The quantitative estimate of drug-likeness (QED) is 0.654. The third kappa shape index (κ3) is 5.53. The Morgan fingerprint density at radius 2 is 1.80 bits per heavy atom. The van der Waals surface area contributed by atoms with Gasteiger partial charge in [0.1, 0.15) is 5.82 Å². The minimum Gasteiger partial charge on any atom is -0.381 e. The fourth-order valence-electron chi connectivity index (χ4n) is 1.26. The van der Waals surface area contributed by atoms with Gasteiger partial charge >= 0.3 is 0 Å². The van der Waals surface area contributed by atoms with Gasteiger partial charge in [0.15, 0.2) is 0 Å². The summed E-state index contributed by atoms with van der Waals surface area (Å²) in [5, 5.41) is 0. The molecule has 0 N–H and O–H groups in total. The zero-order valence-corrected chi connectivity index (χ0v) is 9.50. The van der Waals surface area contributed by atoms with Gasteiger partial charge < -0.3 is 4.74 Å². The molecule has 0 unspecified atom stereocenters. The predicted molar refractivity (Wildman–Crippen MR) is 60.4 cm³/mol. The van der Waals surface area contributed by atoms with Crippen LogP contribution in [0.5, 0.6) is 0 Å². The highest BCUT2D eigenvalue weighted by molar-refractivity contribution is 5.15. The van der Waals surface area contributed by atoms with Crippen LogP contribution in [0.1, 0.15) is 25.8 Å². The third-order valence-electron chi connectivity index (χ3n) is 2.29. The Morgan fingerprint density at radius 1 is 1.13 bits per heavy atom. The number of hydrogen-bond acceptors (Lipinski definition) is 1. The van der Waals surface area contributed by atoms with Crippen molar-refractivity contribution < 1.29 is 9.13 Å². The van der Waals surface area contributed by atoms with Gasteiger partial charge in [0, 0.05) is 6.61 Å². The second-order valence-electron chi connectivity index (χ2n) is 4.17. The highest BCUT2D eigenvalue weighted by Gasteiger charge is 1.96. The van der Waals surface area contributed by atoms with Crippen molar-refractivity contribution in [2.24, 2.45) is 5.92 Å². The van der Waals surface area contributed by atoms with Crippen LogP contribution in [0, 0.1) is 11.7 Å². The van der Waals surface area contributed by atoms with Gasteiger partial charge in [-0.1, -0.05) is 26.0 Å². The Bertz CT molecular complexity index is 266. The molecule has 1 rings (SSSR count). The van der Waals surface area contributed by atoms with Crippen LogP contribution in [0.2, 0.25) is 0 Å². The molecule has 0 spiro atoms. The maximum atomic E-state index is 12.6. The van der Waals surface area contributed by atoms with Crippen LogP contribution in [0.4, 0.5) is 4.39 Å². The molecule has 0 bridgehead atoms. The standard InChI is InChI=1S/C13H19FO/c1-11(2)7-9-15-10-8-12-3-5-13(14)6-4-12/h3-6,11H,7-10H2,1-2H3. The van der Waals surface area contributed by atoms with E-state index in [2.05, 4.69) is 13.8 Å². The van der Waals surface area contributed by atoms with Gasteiger partial charge in [-0.25, -0.2) is 4.39 Å². The van der Waals surface area contributed by atoms with Crippen molar-refractivity contribution in [1.82, 2.24) is 0 Å². The van der Waals surface area contributed by atoms with Gasteiger partial charge in [-0.2, -0.15) is 0 Å². The van der Waals surface area contributed by atoms with Crippen molar-refractivity contribution >= 4 is 0 Å². The van der Waals surface area contributed by atoms with E-state index in [4.69, 9.17) is 4.74 Å². The SMILES string of the molecule is CC(C)CCOCCc1ccc(F)cc1. The minimum absolute atomic E-state index is 0.181. The number of hydrogen-bond donors (Lipinski definition) is 0. The van der Waals surface area contributed by atoms with Crippen LogP contribution < -0.4 is 0 Å². The van der Waals surface area contributed by atoms with Crippen LogP contribution in [0.3, 0.4) is 0 Å². The fraction of sp³-hybridized carbons (Fsp3) is 0.538. The average Bonchev–Trinajstić information content (AvgIpc) is 2.20. The molecule has 0 aliphatic carbocycles. The zero-order valence-electron chi connectivity index (χ0n) is 9.50. The summed E-state index contributed by atoms with van der Waals surface area (Å²) in [4.78, 5) is 0. The van der Waals surface area contributed by atoms with E-state index in [0.717, 1.165) is 31.6 Å². The van der Waals surface area contributed by atoms with Crippen molar-refractivity contribution in [3.63, 3.8) is 0 Å². The second-order valence-corrected chi connectivity index (χ2v) is 4.17. The molecule has 0 saturated carbocycles. The fourth-order valence-corrected chi connectivity index (χ4v) is 1.26. The van der Waals surface area contributed by atoms with Gasteiger partial charge in [-0.15, -0.1) is 0 Å². The highest BCUT2D eigenvalue weighted by Crippen LogP contribution is 2.04. The van der Waals surface area contributed by atoms with E-state index < -0.39 is 0 Å². The first-order valence-electron chi connectivity index (χ1n) is 5.50. The van der Waals surface area contributed by atoms with Crippen molar-refractivity contribution in [2.75, 3.05) is 13.2 Å². The van der Waals surface area contributed by atoms with Gasteiger partial charge in [0.25, 0.3) is 0 Å². The van der Waals surface area contributed by atoms with E-state index in [1.165, 1.54) is 12.1 Å². The predicted octanol–water partition coefficient (Wildman–Crippen LogP) is 3.43. The van der Waals surface area contributed by atoms with Gasteiger partial charge in [0.2, 0.25) is 0 Å². The smallest absolute Gasteiger partial charge is 0.123 e. The molecule has 0 saturated heterocycles. The summed E-state index contributed by atoms with van der Waals surface area (Å²) in [5.41, 5.74) is 1.13. The van der Waals surface area contributed by atoms with Crippen molar-refractivity contribution in [1.29, 1.82) is 0 Å². The molecule has 0 aliphatic rings. The maximum absolute atomic E-state index is 12.6. The van der Waals surface area contributed by atoms with Gasteiger partial charge in [0.05, 0.1) is 6.61 Å². The summed E-state index contributed by atoms with van der Waals surface area (Å²) < 4.78 is 18.1. The van der Waals surface area contributed by atoms with Gasteiger partial charge in [-0.05, 0) is 36.5 Å². The number of ether oxygens (including phenoxy) is 1. The second kappa shape index (κ2) is 6.57. The lowest BCUT2D eigenvalue weighted by Crippen LogP contribution is -2.02. The maximum Gasteiger partial charge on any atom is 0.123 e. The van der Waals surface area contributed by atoms with Crippen molar-refractivity contribution in [3.05, 3.63) is 35.6 Å². The van der Waals surface area contributed by atoms with Crippen LogP contribution in [0.25, 0.3) is 0 Å². The lowest BCUT2D eigenvalue weighted by atomic mass is 10.1. The summed E-state index contributed by atoms with van der Waals surface area (Å²) in [6, 6.07) is 6.59. The molecule has 84 valence electrons. The van der Waals surface area contributed by atoms with Crippen LogP contribution in [0.15, 0.2) is 24.3 Å². The first kappa shape index (κ1) is 12.2. The molecule has 1 nitrogen and oxygen atoms in total. The molecular formula is C13H19FO. The molecule has 0 atom stereocenters. The zero-order chi connectivity index (χ0) is 11.1. The summed E-state index contributed by atoms with van der Waals surface area (Å²) in [6.45, 7) is 5.91. The molecule has 1 aromatic rings. The van der Waals surface area contributed by atoms with E-state index in [1.54, 1.807) is 12.1 Å². The summed E-state index contributed by atoms with van der Waals surface area (Å²) in [6.07, 6.45) is 1.96. The Kier molecular flexibility index (Phi) is 5.33. The Labute approximate surface area is 91.3 Å². The number of halogens is 1. The molecule has 0 aromatic heterocycles. The van der Waals surface area contributed by atoms with Crippen LogP contribution in [-0.4, -0.2) is 13.2 Å². The summed E-state index contributed by atoms with van der Waals surface area (Å²) >= 11 is 0. The van der Waals surface area contributed by atoms with Crippen molar-refractivity contribution in [3.8, 4) is 0 Å². The van der Waals surface area contributed by atoms with E-state index in [9.17, 15) is 4.39 Å². The molecule has 0 heterocycles. The Balaban J connectivity index is 2.12. The average molecular weight is 210 g/mol. The molecule has 15 heavy (non-hydrogen) atoms. The van der Waals surface area contributed by atoms with Crippen LogP contribution in [-0.2, 0) is 11.2 Å². The largest absolute Gasteiger partial charge is 0.381 e. The summed E-state index contributed by atoms with van der Waals surface area (Å²) in [5.74, 6) is 0.510. The van der Waals surface area contributed by atoms with E-state index in [-0.39, 0.29) is 5.82 Å². The van der Waals surface area contributed by atoms with Crippen LogP contribution >= 0.6 is 0 Å². The number of benzene rings is 1. The molecule has 1 aromatic carbocycles. The Hall–Kier alpha value is -0.890. The Morgan fingerprint density at radius 3 is 2.40 bits per heavy atom. The minimum atomic E-state index is -0.181. The third-order valence-corrected chi connectivity index (χ3v) is 2.29. The lowest BCUT2D eigenvalue weighted by molar-refractivity contribution is 0.126. The molecule has 0 aliphatic heterocycles. The van der Waals surface area contributed by atoms with Gasteiger partial charge in [-0.3, -0.25) is 0 Å². The van der Waals surface area contributed by atoms with Crippen molar-refractivity contribution in [2.45, 2.75) is 26.7 Å². The van der Waals surface area contributed by atoms with E-state index >= 15 is 0 Å². The first-order chi connectivity index (χ1) is 7.18. The monoisotopic (exact) mass is 210 g/mol. The van der Waals surface area contributed by atoms with E-state index in [0.29, 0.717) is 5.92 Å². The molecule has 0 fully saturated rings. The molecular weight excluding hydrogens is 191 g/mol. The first-order valence-corrected chi connectivity index (χ1v) is 5.50. The summed E-state index contributed by atoms with van der Waals surface area (Å²) in [7, 11) is 0. The molecule has 0 radical (unpaired) electrons. The van der Waals surface area contributed by atoms with E-state index in [1.807, 2.05) is 0 Å². The molecule has 0 amide bonds. The normalized spacial score (nSPS) is 10.9. The highest BCUT2D eigenvalue weighted by atomic mass is 19.1. The topological polar surface area (TPSA) is 9.23 Å². The number of rotatable bonds is 6. The molecule has 2 heteroatoms.